The van der Waals surface area contributed by atoms with Gasteiger partial charge in [0.2, 0.25) is 0 Å². The predicted molar refractivity (Wildman–Crippen MR) is 110 cm³/mol. The molecule has 0 radical (unpaired) electrons. The number of rotatable bonds is 7. The van der Waals surface area contributed by atoms with Crippen LogP contribution in [-0.2, 0) is 12.0 Å². The van der Waals surface area contributed by atoms with E-state index in [4.69, 9.17) is 0 Å². The molecule has 1 aromatic heterocycles. The number of nitrogens with zero attached hydrogens (tertiary/aromatic N) is 1. The van der Waals surface area contributed by atoms with E-state index in [0.29, 0.717) is 18.7 Å². The minimum atomic E-state index is -0.0467. The number of guanidine groups is 1. The molecule has 0 bridgehead atoms. The maximum Gasteiger partial charge on any atom is 0.251 e. The molecule has 2 aromatic rings. The second-order valence-electron chi connectivity index (χ2n) is 6.70. The first-order valence-corrected chi connectivity index (χ1v) is 9.70. The molecular weight excluding hydrogens is 344 g/mol. The number of carbonyl (C=O) groups excluding carboxylic acids is 1. The zero-order chi connectivity index (χ0) is 19.0. The summed E-state index contributed by atoms with van der Waals surface area (Å²) in [6.45, 7) is 8.36. The minimum Gasteiger partial charge on any atom is -0.356 e. The van der Waals surface area contributed by atoms with E-state index in [1.54, 1.807) is 18.4 Å². The molecule has 140 valence electrons. The summed E-state index contributed by atoms with van der Waals surface area (Å²) in [4.78, 5) is 17.6. The Balaban J connectivity index is 1.91. The van der Waals surface area contributed by atoms with Crippen LogP contribution in [-0.4, -0.2) is 32.0 Å². The molecule has 1 heterocycles. The van der Waals surface area contributed by atoms with Crippen molar-refractivity contribution in [2.24, 2.45) is 4.99 Å². The third kappa shape index (κ3) is 5.59. The van der Waals surface area contributed by atoms with E-state index in [9.17, 15) is 4.79 Å². The molecule has 0 aliphatic carbocycles. The van der Waals surface area contributed by atoms with Crippen molar-refractivity contribution in [3.8, 4) is 0 Å². The van der Waals surface area contributed by atoms with Crippen molar-refractivity contribution in [2.75, 3.05) is 20.1 Å². The van der Waals surface area contributed by atoms with Crippen LogP contribution in [0.4, 0.5) is 0 Å². The van der Waals surface area contributed by atoms with Gasteiger partial charge >= 0.3 is 0 Å². The summed E-state index contributed by atoms with van der Waals surface area (Å²) < 4.78 is 0. The van der Waals surface area contributed by atoms with E-state index in [2.05, 4.69) is 52.3 Å². The Kier molecular flexibility index (Phi) is 7.21. The molecule has 0 aliphatic heterocycles. The van der Waals surface area contributed by atoms with Crippen LogP contribution in [0.3, 0.4) is 0 Å². The standard InChI is InChI=1S/C20H28N4OS/c1-5-22-18(25)16-9-6-8-15(12-16)13-23-19(21-4)24-14-20(2,3)17-10-7-11-26-17/h6-12H,5,13-14H2,1-4H3,(H,22,25)(H2,21,23,24). The maximum absolute atomic E-state index is 11.9. The van der Waals surface area contributed by atoms with Gasteiger partial charge in [0.1, 0.15) is 0 Å². The van der Waals surface area contributed by atoms with Crippen molar-refractivity contribution in [3.05, 3.63) is 57.8 Å². The molecule has 1 aromatic carbocycles. The summed E-state index contributed by atoms with van der Waals surface area (Å²) >= 11 is 1.77. The fourth-order valence-electron chi connectivity index (χ4n) is 2.55. The molecule has 0 saturated heterocycles. The normalized spacial score (nSPS) is 11.9. The Bertz CT molecular complexity index is 738. The van der Waals surface area contributed by atoms with Gasteiger partial charge in [0.05, 0.1) is 0 Å². The Morgan fingerprint density at radius 3 is 2.62 bits per heavy atom. The van der Waals surface area contributed by atoms with Gasteiger partial charge < -0.3 is 16.0 Å². The molecule has 2 rings (SSSR count). The summed E-state index contributed by atoms with van der Waals surface area (Å²) in [6, 6.07) is 11.9. The summed E-state index contributed by atoms with van der Waals surface area (Å²) in [5.74, 6) is 0.701. The number of benzene rings is 1. The zero-order valence-electron chi connectivity index (χ0n) is 15.9. The van der Waals surface area contributed by atoms with E-state index in [-0.39, 0.29) is 11.3 Å². The molecule has 1 amide bonds. The lowest BCUT2D eigenvalue weighted by atomic mass is 9.91. The molecule has 0 atom stereocenters. The molecule has 3 N–H and O–H groups in total. The summed E-state index contributed by atoms with van der Waals surface area (Å²) in [6.07, 6.45) is 0. The second kappa shape index (κ2) is 9.38. The largest absolute Gasteiger partial charge is 0.356 e. The summed E-state index contributed by atoms with van der Waals surface area (Å²) in [7, 11) is 1.76. The molecule has 6 heteroatoms. The van der Waals surface area contributed by atoms with Crippen LogP contribution in [0.5, 0.6) is 0 Å². The molecule has 26 heavy (non-hydrogen) atoms. The summed E-state index contributed by atoms with van der Waals surface area (Å²) in [5.41, 5.74) is 1.74. The Morgan fingerprint density at radius 2 is 1.96 bits per heavy atom. The third-order valence-electron chi connectivity index (χ3n) is 4.10. The minimum absolute atomic E-state index is 0.0317. The van der Waals surface area contributed by atoms with Gasteiger partial charge in [-0.05, 0) is 36.1 Å². The Hall–Kier alpha value is -2.34. The van der Waals surface area contributed by atoms with E-state index >= 15 is 0 Å². The number of amides is 1. The molecule has 0 spiro atoms. The van der Waals surface area contributed by atoms with Crippen LogP contribution in [0.2, 0.25) is 0 Å². The van der Waals surface area contributed by atoms with E-state index in [1.807, 2.05) is 31.2 Å². The Labute approximate surface area is 159 Å². The number of carbonyl (C=O) groups is 1. The van der Waals surface area contributed by atoms with Gasteiger partial charge in [-0.1, -0.05) is 32.0 Å². The van der Waals surface area contributed by atoms with Crippen molar-refractivity contribution in [2.45, 2.75) is 32.7 Å². The fourth-order valence-corrected chi connectivity index (χ4v) is 3.40. The van der Waals surface area contributed by atoms with Crippen LogP contribution in [0, 0.1) is 0 Å². The molecule has 0 aliphatic rings. The van der Waals surface area contributed by atoms with Crippen molar-refractivity contribution in [3.63, 3.8) is 0 Å². The maximum atomic E-state index is 11.9. The first-order valence-electron chi connectivity index (χ1n) is 8.82. The number of hydrogen-bond donors (Lipinski definition) is 3. The number of thiophene rings is 1. The predicted octanol–water partition coefficient (Wildman–Crippen LogP) is 3.14. The van der Waals surface area contributed by atoms with Gasteiger partial charge in [-0.15, -0.1) is 11.3 Å². The van der Waals surface area contributed by atoms with Crippen molar-refractivity contribution in [1.82, 2.24) is 16.0 Å². The average Bonchev–Trinajstić information content (AvgIpc) is 3.18. The highest BCUT2D eigenvalue weighted by Gasteiger charge is 2.21. The van der Waals surface area contributed by atoms with E-state index in [0.717, 1.165) is 18.1 Å². The second-order valence-corrected chi connectivity index (χ2v) is 7.65. The topological polar surface area (TPSA) is 65.5 Å². The van der Waals surface area contributed by atoms with Crippen molar-refractivity contribution < 1.29 is 4.79 Å². The zero-order valence-corrected chi connectivity index (χ0v) is 16.7. The lowest BCUT2D eigenvalue weighted by Crippen LogP contribution is -2.42. The highest BCUT2D eigenvalue weighted by atomic mass is 32.1. The number of hydrogen-bond acceptors (Lipinski definition) is 3. The quantitative estimate of drug-likeness (QED) is 0.517. The Morgan fingerprint density at radius 1 is 1.15 bits per heavy atom. The molecule has 5 nitrogen and oxygen atoms in total. The highest BCUT2D eigenvalue weighted by molar-refractivity contribution is 7.10. The average molecular weight is 373 g/mol. The van der Waals surface area contributed by atoms with Gasteiger partial charge in [-0.3, -0.25) is 9.79 Å². The first-order chi connectivity index (χ1) is 12.5. The number of nitrogens with one attached hydrogen (secondary N) is 3. The highest BCUT2D eigenvalue weighted by Crippen LogP contribution is 2.26. The van der Waals surface area contributed by atoms with Crippen LogP contribution < -0.4 is 16.0 Å². The van der Waals surface area contributed by atoms with Crippen molar-refractivity contribution >= 4 is 23.2 Å². The molecular formula is C20H28N4OS. The van der Waals surface area contributed by atoms with Crippen molar-refractivity contribution in [1.29, 1.82) is 0 Å². The van der Waals surface area contributed by atoms with Gasteiger partial charge in [-0.2, -0.15) is 0 Å². The van der Waals surface area contributed by atoms with Gasteiger partial charge in [0.25, 0.3) is 5.91 Å². The van der Waals surface area contributed by atoms with Gasteiger partial charge in [0, 0.05) is 42.5 Å². The monoisotopic (exact) mass is 372 g/mol. The van der Waals surface area contributed by atoms with Crippen LogP contribution in [0.25, 0.3) is 0 Å². The molecule has 0 saturated carbocycles. The molecule has 0 unspecified atom stereocenters. The fraction of sp³-hybridized carbons (Fsp3) is 0.400. The number of aliphatic imine (C=N–C) groups is 1. The van der Waals surface area contributed by atoms with Gasteiger partial charge in [-0.25, -0.2) is 0 Å². The SMILES string of the molecule is CCNC(=O)c1cccc(CNC(=NC)NCC(C)(C)c2cccs2)c1. The lowest BCUT2D eigenvalue weighted by Gasteiger charge is -2.25. The lowest BCUT2D eigenvalue weighted by molar-refractivity contribution is 0.0955. The first kappa shape index (κ1) is 20.0. The van der Waals surface area contributed by atoms with E-state index in [1.165, 1.54) is 4.88 Å². The van der Waals surface area contributed by atoms with Crippen LogP contribution in [0.15, 0.2) is 46.8 Å². The summed E-state index contributed by atoms with van der Waals surface area (Å²) in [5, 5.41) is 11.6. The third-order valence-corrected chi connectivity index (χ3v) is 5.33. The van der Waals surface area contributed by atoms with Crippen LogP contribution in [0.1, 0.15) is 41.6 Å². The smallest absolute Gasteiger partial charge is 0.251 e. The van der Waals surface area contributed by atoms with E-state index < -0.39 is 0 Å². The van der Waals surface area contributed by atoms with Gasteiger partial charge in [0.15, 0.2) is 5.96 Å². The molecule has 0 fully saturated rings. The van der Waals surface area contributed by atoms with Crippen LogP contribution >= 0.6 is 11.3 Å².